The zero-order valence-electron chi connectivity index (χ0n) is 20.0. The normalized spacial score (nSPS) is 11.8. The molecular weight excluding hydrogens is 487 g/mol. The number of rotatable bonds is 10. The fourth-order valence-corrected chi connectivity index (χ4v) is 4.24. The number of hydrogen-bond acceptors (Lipinski definition) is 6. The number of carbonyl (C=O) groups excluding carboxylic acids is 1. The molecule has 0 bridgehead atoms. The van der Waals surface area contributed by atoms with Crippen LogP contribution in [0.2, 0.25) is 5.02 Å². The van der Waals surface area contributed by atoms with Crippen molar-refractivity contribution in [3.05, 3.63) is 82.3 Å². The van der Waals surface area contributed by atoms with Crippen LogP contribution in [0.1, 0.15) is 27.5 Å². The number of aromatic amines is 1. The Labute approximate surface area is 212 Å². The van der Waals surface area contributed by atoms with E-state index in [1.165, 1.54) is 26.5 Å². The molecule has 0 amide bonds. The van der Waals surface area contributed by atoms with Crippen LogP contribution in [0.15, 0.2) is 54.7 Å². The lowest BCUT2D eigenvalue weighted by Crippen LogP contribution is -2.22. The molecule has 0 spiro atoms. The van der Waals surface area contributed by atoms with E-state index >= 15 is 0 Å². The molecular formula is C27H26ClFN2O5. The quantitative estimate of drug-likeness (QED) is 0.236. The number of ether oxygens (including phenoxy) is 3. The number of Topliss-reactive ketones (excluding diaryl/α,β-unsaturated/α-hetero) is 1. The Morgan fingerprint density at radius 2 is 1.89 bits per heavy atom. The van der Waals surface area contributed by atoms with Crippen molar-refractivity contribution in [3.8, 4) is 17.2 Å². The van der Waals surface area contributed by atoms with E-state index in [4.69, 9.17) is 30.9 Å². The van der Waals surface area contributed by atoms with Gasteiger partial charge < -0.3 is 29.6 Å². The summed E-state index contributed by atoms with van der Waals surface area (Å²) in [6.07, 6.45) is 1.51. The number of anilines is 1. The molecule has 4 rings (SSSR count). The number of aliphatic hydroxyl groups excluding tert-OH is 1. The average molecular weight is 513 g/mol. The largest absolute Gasteiger partial charge is 0.497 e. The minimum absolute atomic E-state index is 0.0974. The van der Waals surface area contributed by atoms with Crippen molar-refractivity contribution in [2.45, 2.75) is 13.0 Å². The molecule has 3 N–H and O–H groups in total. The van der Waals surface area contributed by atoms with E-state index in [2.05, 4.69) is 10.3 Å². The summed E-state index contributed by atoms with van der Waals surface area (Å²) in [5.74, 6) is 0.607. The van der Waals surface area contributed by atoms with Crippen LogP contribution < -0.4 is 19.5 Å². The third-order valence-corrected chi connectivity index (χ3v) is 5.94. The zero-order valence-corrected chi connectivity index (χ0v) is 20.8. The molecule has 1 heterocycles. The topological polar surface area (TPSA) is 92.8 Å². The molecule has 4 aromatic rings. The molecule has 0 aliphatic rings. The number of H-pyrrole nitrogens is 1. The summed E-state index contributed by atoms with van der Waals surface area (Å²) >= 11 is 6.18. The number of fused-ring (bicyclic) bond motifs is 1. The number of aryl methyl sites for hydroxylation is 1. The molecule has 7 nitrogen and oxygen atoms in total. The number of aliphatic hydroxyl groups is 1. The molecule has 3 aromatic carbocycles. The predicted molar refractivity (Wildman–Crippen MR) is 137 cm³/mol. The van der Waals surface area contributed by atoms with Crippen LogP contribution >= 0.6 is 11.6 Å². The van der Waals surface area contributed by atoms with Gasteiger partial charge in [-0.15, -0.1) is 0 Å². The first-order chi connectivity index (χ1) is 17.3. The Kier molecular flexibility index (Phi) is 7.67. The van der Waals surface area contributed by atoms with Gasteiger partial charge in [-0.1, -0.05) is 17.7 Å². The van der Waals surface area contributed by atoms with Gasteiger partial charge in [-0.05, 0) is 36.8 Å². The minimum atomic E-state index is -0.933. The second-order valence-electron chi connectivity index (χ2n) is 8.17. The van der Waals surface area contributed by atoms with E-state index in [1.54, 1.807) is 49.4 Å². The molecule has 36 heavy (non-hydrogen) atoms. The Balaban J connectivity index is 1.83. The molecule has 0 saturated heterocycles. The van der Waals surface area contributed by atoms with Gasteiger partial charge in [0, 0.05) is 51.6 Å². The smallest absolute Gasteiger partial charge is 0.191 e. The second-order valence-corrected chi connectivity index (χ2v) is 8.61. The van der Waals surface area contributed by atoms with Crippen molar-refractivity contribution in [2.75, 3.05) is 32.8 Å². The van der Waals surface area contributed by atoms with Crippen LogP contribution in [-0.4, -0.2) is 43.3 Å². The molecule has 0 radical (unpaired) electrons. The van der Waals surface area contributed by atoms with E-state index in [-0.39, 0.29) is 24.5 Å². The van der Waals surface area contributed by atoms with Gasteiger partial charge in [-0.3, -0.25) is 4.79 Å². The average Bonchev–Trinajstić information content (AvgIpc) is 3.29. The van der Waals surface area contributed by atoms with Gasteiger partial charge in [0.1, 0.15) is 35.7 Å². The van der Waals surface area contributed by atoms with Crippen molar-refractivity contribution in [1.29, 1.82) is 0 Å². The summed E-state index contributed by atoms with van der Waals surface area (Å²) < 4.78 is 31.0. The molecule has 0 fully saturated rings. The maximum Gasteiger partial charge on any atom is 0.191 e. The number of halogens is 2. The lowest BCUT2D eigenvalue weighted by atomic mass is 9.95. The van der Waals surface area contributed by atoms with Crippen LogP contribution in [0.3, 0.4) is 0 Å². The van der Waals surface area contributed by atoms with Gasteiger partial charge in [0.05, 0.1) is 26.3 Å². The minimum Gasteiger partial charge on any atom is -0.497 e. The van der Waals surface area contributed by atoms with E-state index in [1.807, 2.05) is 0 Å². The van der Waals surface area contributed by atoms with Crippen LogP contribution in [0.4, 0.5) is 10.1 Å². The van der Waals surface area contributed by atoms with Gasteiger partial charge in [0.25, 0.3) is 0 Å². The SMILES string of the molecule is COc1cc(NC(C(=O)c2c[nH]c3c(F)cc(C)cc23)c2ccc(Cl)cc2OC)cc(OCCO)c1. The summed E-state index contributed by atoms with van der Waals surface area (Å²) in [6.45, 7) is 1.71. The summed E-state index contributed by atoms with van der Waals surface area (Å²) in [6, 6.07) is 12.3. The molecule has 1 aromatic heterocycles. The molecule has 1 unspecified atom stereocenters. The van der Waals surface area contributed by atoms with E-state index < -0.39 is 11.9 Å². The Hall–Kier alpha value is -3.75. The van der Waals surface area contributed by atoms with E-state index in [9.17, 15) is 9.18 Å². The number of carbonyl (C=O) groups is 1. The first-order valence-electron chi connectivity index (χ1n) is 11.2. The predicted octanol–water partition coefficient (Wildman–Crippen LogP) is 5.69. The van der Waals surface area contributed by atoms with Crippen LogP contribution in [0.25, 0.3) is 10.9 Å². The highest BCUT2D eigenvalue weighted by Gasteiger charge is 2.28. The zero-order chi connectivity index (χ0) is 25.8. The van der Waals surface area contributed by atoms with Crippen LogP contribution in [0.5, 0.6) is 17.2 Å². The fraction of sp³-hybridized carbons (Fsp3) is 0.222. The van der Waals surface area contributed by atoms with Gasteiger partial charge in [-0.25, -0.2) is 4.39 Å². The molecule has 1 atom stereocenters. The lowest BCUT2D eigenvalue weighted by molar-refractivity contribution is 0.0970. The van der Waals surface area contributed by atoms with Gasteiger partial charge in [-0.2, -0.15) is 0 Å². The summed E-state index contributed by atoms with van der Waals surface area (Å²) in [5.41, 5.74) is 2.34. The Bertz CT molecular complexity index is 1400. The monoisotopic (exact) mass is 512 g/mol. The van der Waals surface area contributed by atoms with E-state index in [0.29, 0.717) is 50.0 Å². The number of nitrogens with one attached hydrogen (secondary N) is 2. The number of aromatic nitrogens is 1. The van der Waals surface area contributed by atoms with Crippen molar-refractivity contribution in [3.63, 3.8) is 0 Å². The summed E-state index contributed by atoms with van der Waals surface area (Å²) in [5, 5.41) is 13.3. The highest BCUT2D eigenvalue weighted by molar-refractivity contribution is 6.30. The fourth-order valence-electron chi connectivity index (χ4n) is 4.08. The summed E-state index contributed by atoms with van der Waals surface area (Å²) in [7, 11) is 3.01. The van der Waals surface area contributed by atoms with Crippen molar-refractivity contribution in [1.82, 2.24) is 4.98 Å². The van der Waals surface area contributed by atoms with Gasteiger partial charge >= 0.3 is 0 Å². The maximum atomic E-state index is 14.5. The van der Waals surface area contributed by atoms with Crippen molar-refractivity contribution >= 4 is 34.0 Å². The van der Waals surface area contributed by atoms with E-state index in [0.717, 1.165) is 0 Å². The number of hydrogen-bond donors (Lipinski definition) is 3. The molecule has 9 heteroatoms. The maximum absolute atomic E-state index is 14.5. The third-order valence-electron chi connectivity index (χ3n) is 5.71. The first-order valence-corrected chi connectivity index (χ1v) is 11.6. The third kappa shape index (κ3) is 5.24. The van der Waals surface area contributed by atoms with Gasteiger partial charge in [0.2, 0.25) is 0 Å². The Morgan fingerprint density at radius 3 is 2.61 bits per heavy atom. The van der Waals surface area contributed by atoms with Crippen molar-refractivity contribution in [2.24, 2.45) is 0 Å². The molecule has 0 aliphatic carbocycles. The number of ketones is 1. The van der Waals surface area contributed by atoms with Crippen LogP contribution in [-0.2, 0) is 0 Å². The highest BCUT2D eigenvalue weighted by Crippen LogP contribution is 2.36. The summed E-state index contributed by atoms with van der Waals surface area (Å²) in [4.78, 5) is 16.9. The highest BCUT2D eigenvalue weighted by atomic mass is 35.5. The van der Waals surface area contributed by atoms with Crippen molar-refractivity contribution < 1.29 is 28.5 Å². The van der Waals surface area contributed by atoms with Crippen LogP contribution in [0, 0.1) is 12.7 Å². The first kappa shape index (κ1) is 25.3. The number of methoxy groups -OCH3 is 2. The lowest BCUT2D eigenvalue weighted by Gasteiger charge is -2.22. The molecule has 0 saturated carbocycles. The van der Waals surface area contributed by atoms with Gasteiger partial charge in [0.15, 0.2) is 5.78 Å². The number of benzene rings is 3. The Morgan fingerprint density at radius 1 is 1.11 bits per heavy atom. The second kappa shape index (κ2) is 10.9. The molecule has 0 aliphatic heterocycles. The standard InChI is InChI=1S/C27H26ClFN2O5/c1-15-8-21-22(14-30-25(21)23(29)9-15)27(33)26(20-5-4-16(28)10-24(20)35-3)31-17-11-18(34-2)13-19(12-17)36-7-6-32/h4-5,8-14,26,30-32H,6-7H2,1-3H3. The molecule has 188 valence electrons.